The van der Waals surface area contributed by atoms with Crippen LogP contribution in [-0.2, 0) is 11.6 Å². The van der Waals surface area contributed by atoms with Gasteiger partial charge >= 0.3 is 6.18 Å². The number of rotatable bonds is 1. The van der Waals surface area contributed by atoms with Crippen molar-refractivity contribution in [2.24, 2.45) is 0 Å². The van der Waals surface area contributed by atoms with E-state index in [4.69, 9.17) is 0 Å². The van der Waals surface area contributed by atoms with Crippen LogP contribution in [-0.4, -0.2) is 12.0 Å². The summed E-state index contributed by atoms with van der Waals surface area (Å²) in [6.45, 7) is 6.64. The molecule has 0 fully saturated rings. The van der Waals surface area contributed by atoms with Crippen molar-refractivity contribution in [3.05, 3.63) is 22.9 Å². The highest BCUT2D eigenvalue weighted by Gasteiger charge is 2.39. The molecular formula is C12H17F3N2. The fourth-order valence-electron chi connectivity index (χ4n) is 1.70. The summed E-state index contributed by atoms with van der Waals surface area (Å²) < 4.78 is 39.0. The first kappa shape index (κ1) is 13.8. The van der Waals surface area contributed by atoms with Crippen molar-refractivity contribution >= 4 is 5.82 Å². The van der Waals surface area contributed by atoms with Gasteiger partial charge in [-0.15, -0.1) is 0 Å². The van der Waals surface area contributed by atoms with Crippen LogP contribution < -0.4 is 5.32 Å². The van der Waals surface area contributed by atoms with E-state index in [2.05, 4.69) is 10.3 Å². The number of pyridine rings is 1. The number of nitrogens with zero attached hydrogens (tertiary/aromatic N) is 1. The highest BCUT2D eigenvalue weighted by molar-refractivity contribution is 5.46. The van der Waals surface area contributed by atoms with E-state index in [-0.39, 0.29) is 11.3 Å². The van der Waals surface area contributed by atoms with Gasteiger partial charge in [0.05, 0.1) is 11.3 Å². The molecule has 0 amide bonds. The summed E-state index contributed by atoms with van der Waals surface area (Å²) in [7, 11) is 1.64. The van der Waals surface area contributed by atoms with Crippen molar-refractivity contribution < 1.29 is 13.2 Å². The molecule has 0 aliphatic heterocycles. The zero-order chi connectivity index (χ0) is 13.4. The molecule has 0 unspecified atom stereocenters. The van der Waals surface area contributed by atoms with Gasteiger partial charge in [0.15, 0.2) is 0 Å². The third-order valence-electron chi connectivity index (χ3n) is 2.47. The fourth-order valence-corrected chi connectivity index (χ4v) is 1.70. The van der Waals surface area contributed by atoms with Crippen LogP contribution in [0.2, 0.25) is 0 Å². The van der Waals surface area contributed by atoms with E-state index in [1.165, 1.54) is 13.0 Å². The molecule has 17 heavy (non-hydrogen) atoms. The Balaban J connectivity index is 3.58. The second-order valence-corrected chi connectivity index (χ2v) is 5.05. The molecule has 1 rings (SSSR count). The third-order valence-corrected chi connectivity index (χ3v) is 2.47. The first-order valence-corrected chi connectivity index (χ1v) is 5.34. The number of hydrogen-bond donors (Lipinski definition) is 1. The number of aromatic nitrogens is 1. The summed E-state index contributed by atoms with van der Waals surface area (Å²) in [5, 5.41) is 2.78. The lowest BCUT2D eigenvalue weighted by Gasteiger charge is -2.25. The lowest BCUT2D eigenvalue weighted by Crippen LogP contribution is -2.23. The summed E-state index contributed by atoms with van der Waals surface area (Å²) in [4.78, 5) is 4.06. The molecule has 1 heterocycles. The predicted octanol–water partition coefficient (Wildman–Crippen LogP) is 3.75. The molecule has 1 aromatic rings. The molecule has 0 spiro atoms. The maximum absolute atomic E-state index is 13.0. The van der Waals surface area contributed by atoms with Crippen molar-refractivity contribution in [3.8, 4) is 0 Å². The Labute approximate surface area is 99.3 Å². The summed E-state index contributed by atoms with van der Waals surface area (Å²) in [5.41, 5.74) is -0.997. The molecule has 0 saturated carbocycles. The number of hydrogen-bond acceptors (Lipinski definition) is 2. The van der Waals surface area contributed by atoms with Gasteiger partial charge in [0.1, 0.15) is 5.82 Å². The first-order chi connectivity index (χ1) is 7.57. The third kappa shape index (κ3) is 2.90. The van der Waals surface area contributed by atoms with Gasteiger partial charge < -0.3 is 5.32 Å². The molecule has 5 heteroatoms. The van der Waals surface area contributed by atoms with Crippen LogP contribution in [0.3, 0.4) is 0 Å². The van der Waals surface area contributed by atoms with Crippen LogP contribution in [0.15, 0.2) is 6.07 Å². The molecule has 0 aromatic carbocycles. The van der Waals surface area contributed by atoms with E-state index in [0.29, 0.717) is 5.82 Å². The van der Waals surface area contributed by atoms with E-state index in [1.807, 2.05) is 0 Å². The van der Waals surface area contributed by atoms with Gasteiger partial charge in [0.2, 0.25) is 0 Å². The molecule has 1 N–H and O–H groups in total. The standard InChI is InChI=1S/C12H17F3N2/c1-7-6-8(16-5)17-10(11(2,3)4)9(7)12(13,14)15/h6H,1-5H3,(H,16,17). The Bertz CT molecular complexity index is 417. The number of aryl methyl sites for hydroxylation is 1. The lowest BCUT2D eigenvalue weighted by molar-refractivity contribution is -0.139. The maximum Gasteiger partial charge on any atom is 0.418 e. The number of alkyl halides is 3. The largest absolute Gasteiger partial charge is 0.418 e. The zero-order valence-electron chi connectivity index (χ0n) is 10.7. The molecule has 0 saturated heterocycles. The van der Waals surface area contributed by atoms with E-state index in [1.54, 1.807) is 27.8 Å². The molecular weight excluding hydrogens is 229 g/mol. The van der Waals surface area contributed by atoms with Gasteiger partial charge in [-0.25, -0.2) is 4.98 Å². The summed E-state index contributed by atoms with van der Waals surface area (Å²) in [5.74, 6) is 0.459. The van der Waals surface area contributed by atoms with E-state index < -0.39 is 17.2 Å². The van der Waals surface area contributed by atoms with Crippen LogP contribution in [0.5, 0.6) is 0 Å². The molecule has 0 atom stereocenters. The monoisotopic (exact) mass is 246 g/mol. The molecule has 2 nitrogen and oxygen atoms in total. The van der Waals surface area contributed by atoms with Crippen LogP contribution in [0, 0.1) is 6.92 Å². The normalized spacial score (nSPS) is 12.7. The maximum atomic E-state index is 13.0. The average Bonchev–Trinajstić information content (AvgIpc) is 2.12. The van der Waals surface area contributed by atoms with Gasteiger partial charge in [-0.05, 0) is 18.6 Å². The molecule has 1 aromatic heterocycles. The minimum absolute atomic E-state index is 0.0781. The summed E-state index contributed by atoms with van der Waals surface area (Å²) >= 11 is 0. The van der Waals surface area contributed by atoms with Gasteiger partial charge in [-0.3, -0.25) is 0 Å². The minimum Gasteiger partial charge on any atom is -0.373 e. The highest BCUT2D eigenvalue weighted by atomic mass is 19.4. The number of anilines is 1. The van der Waals surface area contributed by atoms with Crippen LogP contribution >= 0.6 is 0 Å². The van der Waals surface area contributed by atoms with Crippen LogP contribution in [0.25, 0.3) is 0 Å². The first-order valence-electron chi connectivity index (χ1n) is 5.34. The smallest absolute Gasteiger partial charge is 0.373 e. The Morgan fingerprint density at radius 3 is 2.06 bits per heavy atom. The summed E-state index contributed by atoms with van der Waals surface area (Å²) in [6.07, 6.45) is -4.37. The minimum atomic E-state index is -4.37. The molecule has 96 valence electrons. The number of nitrogens with one attached hydrogen (secondary N) is 1. The van der Waals surface area contributed by atoms with Crippen molar-refractivity contribution in [1.82, 2.24) is 4.98 Å². The average molecular weight is 246 g/mol. The van der Waals surface area contributed by atoms with Crippen LogP contribution in [0.1, 0.15) is 37.6 Å². The molecule has 0 aliphatic carbocycles. The predicted molar refractivity (Wildman–Crippen MR) is 62.2 cm³/mol. The number of halogens is 3. The molecule has 0 bridgehead atoms. The van der Waals surface area contributed by atoms with E-state index >= 15 is 0 Å². The van der Waals surface area contributed by atoms with Gasteiger partial charge in [-0.2, -0.15) is 13.2 Å². The van der Waals surface area contributed by atoms with Crippen molar-refractivity contribution in [1.29, 1.82) is 0 Å². The zero-order valence-corrected chi connectivity index (χ0v) is 10.7. The van der Waals surface area contributed by atoms with Gasteiger partial charge in [0, 0.05) is 12.5 Å². The highest BCUT2D eigenvalue weighted by Crippen LogP contribution is 2.39. The Morgan fingerprint density at radius 1 is 1.18 bits per heavy atom. The molecule has 0 radical (unpaired) electrons. The van der Waals surface area contributed by atoms with Crippen LogP contribution in [0.4, 0.5) is 19.0 Å². The lowest BCUT2D eigenvalue weighted by atomic mass is 9.86. The second-order valence-electron chi connectivity index (χ2n) is 5.05. The Morgan fingerprint density at radius 2 is 1.71 bits per heavy atom. The fraction of sp³-hybridized carbons (Fsp3) is 0.583. The van der Waals surface area contributed by atoms with Crippen molar-refractivity contribution in [2.45, 2.75) is 39.3 Å². The summed E-state index contributed by atoms with van der Waals surface area (Å²) in [6, 6.07) is 1.41. The Hall–Kier alpha value is -1.26. The van der Waals surface area contributed by atoms with Gasteiger partial charge in [-0.1, -0.05) is 20.8 Å². The Kier molecular flexibility index (Phi) is 3.41. The quantitative estimate of drug-likeness (QED) is 0.816. The van der Waals surface area contributed by atoms with E-state index in [9.17, 15) is 13.2 Å². The second kappa shape index (κ2) is 4.20. The topological polar surface area (TPSA) is 24.9 Å². The van der Waals surface area contributed by atoms with Crippen molar-refractivity contribution in [3.63, 3.8) is 0 Å². The SMILES string of the molecule is CNc1cc(C)c(C(F)(F)F)c(C(C)(C)C)n1. The van der Waals surface area contributed by atoms with Crippen molar-refractivity contribution in [2.75, 3.05) is 12.4 Å². The molecule has 0 aliphatic rings. The van der Waals surface area contributed by atoms with Gasteiger partial charge in [0.25, 0.3) is 0 Å². The van der Waals surface area contributed by atoms with E-state index in [0.717, 1.165) is 0 Å².